The Hall–Kier alpha value is -2.20. The van der Waals surface area contributed by atoms with E-state index in [1.807, 2.05) is 43.4 Å². The standard InChI is InChI=1S/C14H13N3O/c1-17-13(7-9-16-17)14(18)11-6-8-15-12-5-3-2-4-10(11)12/h2-9,14,18H,1H3. The highest BCUT2D eigenvalue weighted by molar-refractivity contribution is 5.82. The first-order chi connectivity index (χ1) is 8.77. The number of para-hydroxylation sites is 1. The molecule has 0 fully saturated rings. The summed E-state index contributed by atoms with van der Waals surface area (Å²) < 4.78 is 1.68. The van der Waals surface area contributed by atoms with Crippen molar-refractivity contribution in [2.24, 2.45) is 7.05 Å². The molecule has 3 rings (SSSR count). The normalized spacial score (nSPS) is 12.8. The molecule has 0 saturated carbocycles. The molecular formula is C14H13N3O. The number of pyridine rings is 1. The summed E-state index contributed by atoms with van der Waals surface area (Å²) in [4.78, 5) is 4.29. The zero-order valence-electron chi connectivity index (χ0n) is 9.99. The van der Waals surface area contributed by atoms with Crippen LogP contribution in [0.3, 0.4) is 0 Å². The maximum atomic E-state index is 10.5. The topological polar surface area (TPSA) is 50.9 Å². The first-order valence-electron chi connectivity index (χ1n) is 5.77. The van der Waals surface area contributed by atoms with Crippen molar-refractivity contribution in [2.45, 2.75) is 6.10 Å². The number of aryl methyl sites for hydroxylation is 1. The molecule has 4 heteroatoms. The Bertz CT molecular complexity index is 685. The number of aromatic nitrogens is 3. The van der Waals surface area contributed by atoms with Gasteiger partial charge in [-0.05, 0) is 23.8 Å². The van der Waals surface area contributed by atoms with E-state index in [1.165, 1.54) is 0 Å². The molecule has 2 aromatic heterocycles. The van der Waals surface area contributed by atoms with Crippen LogP contribution < -0.4 is 0 Å². The highest BCUT2D eigenvalue weighted by Crippen LogP contribution is 2.27. The number of nitrogens with zero attached hydrogens (tertiary/aromatic N) is 3. The van der Waals surface area contributed by atoms with Crippen LogP contribution in [0.15, 0.2) is 48.8 Å². The summed E-state index contributed by atoms with van der Waals surface area (Å²) in [6, 6.07) is 11.5. The Morgan fingerprint density at radius 1 is 1.11 bits per heavy atom. The minimum absolute atomic E-state index is 0.689. The molecule has 0 aliphatic carbocycles. The number of hydrogen-bond acceptors (Lipinski definition) is 3. The van der Waals surface area contributed by atoms with Crippen molar-refractivity contribution >= 4 is 10.9 Å². The van der Waals surface area contributed by atoms with Crippen molar-refractivity contribution in [3.63, 3.8) is 0 Å². The lowest BCUT2D eigenvalue weighted by Gasteiger charge is -2.13. The largest absolute Gasteiger partial charge is 0.382 e. The van der Waals surface area contributed by atoms with Crippen LogP contribution in [-0.2, 0) is 7.05 Å². The number of benzene rings is 1. The van der Waals surface area contributed by atoms with Gasteiger partial charge in [-0.2, -0.15) is 5.10 Å². The van der Waals surface area contributed by atoms with Gasteiger partial charge < -0.3 is 5.11 Å². The Kier molecular flexibility index (Phi) is 2.57. The van der Waals surface area contributed by atoms with Gasteiger partial charge >= 0.3 is 0 Å². The van der Waals surface area contributed by atoms with Crippen LogP contribution in [0, 0.1) is 0 Å². The summed E-state index contributed by atoms with van der Waals surface area (Å²) in [6.45, 7) is 0. The van der Waals surface area contributed by atoms with Gasteiger partial charge in [0.1, 0.15) is 6.10 Å². The average molecular weight is 239 g/mol. The molecule has 3 aromatic rings. The molecule has 90 valence electrons. The van der Waals surface area contributed by atoms with Crippen molar-refractivity contribution in [2.75, 3.05) is 0 Å². The number of fused-ring (bicyclic) bond motifs is 1. The van der Waals surface area contributed by atoms with Gasteiger partial charge in [-0.15, -0.1) is 0 Å². The first-order valence-corrected chi connectivity index (χ1v) is 5.77. The molecule has 1 aromatic carbocycles. The van der Waals surface area contributed by atoms with Crippen molar-refractivity contribution in [3.8, 4) is 0 Å². The quantitative estimate of drug-likeness (QED) is 0.744. The predicted octanol–water partition coefficient (Wildman–Crippen LogP) is 2.05. The maximum absolute atomic E-state index is 10.5. The third-order valence-electron chi connectivity index (χ3n) is 3.12. The second-order valence-electron chi connectivity index (χ2n) is 4.20. The smallest absolute Gasteiger partial charge is 0.121 e. The lowest BCUT2D eigenvalue weighted by Crippen LogP contribution is -2.07. The SMILES string of the molecule is Cn1nccc1C(O)c1ccnc2ccccc12. The van der Waals surface area contributed by atoms with Gasteiger partial charge in [0.2, 0.25) is 0 Å². The van der Waals surface area contributed by atoms with Gasteiger partial charge in [-0.1, -0.05) is 18.2 Å². The molecular weight excluding hydrogens is 226 g/mol. The van der Waals surface area contributed by atoms with Crippen molar-refractivity contribution in [1.29, 1.82) is 0 Å². The van der Waals surface area contributed by atoms with Gasteiger partial charge in [0.15, 0.2) is 0 Å². The molecule has 1 N–H and O–H groups in total. The molecule has 0 spiro atoms. The third-order valence-corrected chi connectivity index (χ3v) is 3.12. The van der Waals surface area contributed by atoms with Gasteiger partial charge in [0.25, 0.3) is 0 Å². The van der Waals surface area contributed by atoms with E-state index in [-0.39, 0.29) is 0 Å². The van der Waals surface area contributed by atoms with Crippen molar-refractivity contribution in [3.05, 3.63) is 60.0 Å². The van der Waals surface area contributed by atoms with Gasteiger partial charge in [-0.3, -0.25) is 9.67 Å². The molecule has 0 aliphatic heterocycles. The number of rotatable bonds is 2. The molecule has 4 nitrogen and oxygen atoms in total. The van der Waals surface area contributed by atoms with Crippen molar-refractivity contribution in [1.82, 2.24) is 14.8 Å². The lowest BCUT2D eigenvalue weighted by atomic mass is 10.0. The highest BCUT2D eigenvalue weighted by Gasteiger charge is 2.16. The Morgan fingerprint density at radius 2 is 1.94 bits per heavy atom. The Balaban J connectivity index is 2.18. The molecule has 1 unspecified atom stereocenters. The summed E-state index contributed by atoms with van der Waals surface area (Å²) in [6.07, 6.45) is 2.71. The Labute approximate surface area is 105 Å². The zero-order chi connectivity index (χ0) is 12.5. The molecule has 0 saturated heterocycles. The monoisotopic (exact) mass is 239 g/mol. The summed E-state index contributed by atoms with van der Waals surface area (Å²) >= 11 is 0. The van der Waals surface area contributed by atoms with Crippen LogP contribution in [0.5, 0.6) is 0 Å². The van der Waals surface area contributed by atoms with Crippen LogP contribution in [0.2, 0.25) is 0 Å². The fraction of sp³-hybridized carbons (Fsp3) is 0.143. The van der Waals surface area contributed by atoms with E-state index in [4.69, 9.17) is 0 Å². The lowest BCUT2D eigenvalue weighted by molar-refractivity contribution is 0.211. The van der Waals surface area contributed by atoms with Gasteiger partial charge in [-0.25, -0.2) is 0 Å². The van der Waals surface area contributed by atoms with Crippen LogP contribution in [0.4, 0.5) is 0 Å². The van der Waals surface area contributed by atoms with E-state index in [0.29, 0.717) is 0 Å². The highest BCUT2D eigenvalue weighted by atomic mass is 16.3. The predicted molar refractivity (Wildman–Crippen MR) is 69.0 cm³/mol. The van der Waals surface area contributed by atoms with E-state index >= 15 is 0 Å². The number of hydrogen-bond donors (Lipinski definition) is 1. The first kappa shape index (κ1) is 10.9. The van der Waals surface area contributed by atoms with E-state index in [0.717, 1.165) is 22.2 Å². The summed E-state index contributed by atoms with van der Waals surface area (Å²) in [5.41, 5.74) is 2.51. The number of aliphatic hydroxyl groups excluding tert-OH is 1. The van der Waals surface area contributed by atoms with Crippen LogP contribution in [-0.4, -0.2) is 19.9 Å². The second kappa shape index (κ2) is 4.23. The van der Waals surface area contributed by atoms with Gasteiger partial charge in [0, 0.05) is 24.8 Å². The Morgan fingerprint density at radius 3 is 2.72 bits per heavy atom. The van der Waals surface area contributed by atoms with E-state index in [1.54, 1.807) is 17.1 Å². The average Bonchev–Trinajstić information content (AvgIpc) is 2.83. The minimum Gasteiger partial charge on any atom is -0.382 e. The molecule has 2 heterocycles. The fourth-order valence-electron chi connectivity index (χ4n) is 2.17. The van der Waals surface area contributed by atoms with Crippen LogP contribution >= 0.6 is 0 Å². The molecule has 0 amide bonds. The number of aliphatic hydroxyl groups is 1. The van der Waals surface area contributed by atoms with E-state index in [9.17, 15) is 5.11 Å². The summed E-state index contributed by atoms with van der Waals surface area (Å²) in [5, 5.41) is 15.5. The van der Waals surface area contributed by atoms with Crippen LogP contribution in [0.1, 0.15) is 17.4 Å². The van der Waals surface area contributed by atoms with Crippen molar-refractivity contribution < 1.29 is 5.11 Å². The minimum atomic E-state index is -0.689. The molecule has 18 heavy (non-hydrogen) atoms. The fourth-order valence-corrected chi connectivity index (χ4v) is 2.17. The third kappa shape index (κ3) is 1.67. The van der Waals surface area contributed by atoms with Gasteiger partial charge in [0.05, 0.1) is 11.2 Å². The summed E-state index contributed by atoms with van der Waals surface area (Å²) in [7, 11) is 1.82. The van der Waals surface area contributed by atoms with E-state index < -0.39 is 6.10 Å². The van der Waals surface area contributed by atoms with Crippen LogP contribution in [0.25, 0.3) is 10.9 Å². The molecule has 0 bridgehead atoms. The molecule has 1 atom stereocenters. The second-order valence-corrected chi connectivity index (χ2v) is 4.20. The molecule has 0 aliphatic rings. The summed E-state index contributed by atoms with van der Waals surface area (Å²) in [5.74, 6) is 0. The maximum Gasteiger partial charge on any atom is 0.121 e. The van der Waals surface area contributed by atoms with E-state index in [2.05, 4.69) is 10.1 Å². The zero-order valence-corrected chi connectivity index (χ0v) is 9.99. The molecule has 0 radical (unpaired) electrons.